The predicted molar refractivity (Wildman–Crippen MR) is 85.6 cm³/mol. The van der Waals surface area contributed by atoms with Gasteiger partial charge in [-0.2, -0.15) is 5.11 Å². The maximum absolute atomic E-state index is 12.4. The number of H-pyrrole nitrogens is 1. The number of nitrogens with one attached hydrogen (secondary N) is 3. The molecule has 0 saturated heterocycles. The smallest absolute Gasteiger partial charge is 0.255 e. The first kappa shape index (κ1) is 15.1. The number of aromatic amines is 1. The second kappa shape index (κ2) is 6.12. The Bertz CT molecular complexity index is 857. The van der Waals surface area contributed by atoms with Crippen LogP contribution in [0.1, 0.15) is 5.69 Å². The number of aryl methyl sites for hydroxylation is 1. The number of anilines is 1. The van der Waals surface area contributed by atoms with Crippen molar-refractivity contribution in [2.75, 3.05) is 11.9 Å². The fourth-order valence-electron chi connectivity index (χ4n) is 2.49. The molecule has 118 valence electrons. The average Bonchev–Trinajstić information content (AvgIpc) is 2.95. The minimum atomic E-state index is -2.47. The minimum Gasteiger partial charge on any atom is -0.377 e. The van der Waals surface area contributed by atoms with Crippen molar-refractivity contribution >= 4 is 22.3 Å². The van der Waals surface area contributed by atoms with E-state index in [2.05, 4.69) is 20.4 Å². The molecule has 0 spiro atoms. The molecule has 0 fully saturated rings. The van der Waals surface area contributed by atoms with Crippen LogP contribution in [0.5, 0.6) is 0 Å². The molecule has 0 bridgehead atoms. The SMILES string of the molecule is Cc1cc2[nH]cc(-c3ccc(N=N)c(NCC(F)F)c3)c2cn1. The number of fused-ring (bicyclic) bond motifs is 1. The average molecular weight is 315 g/mol. The van der Waals surface area contributed by atoms with Crippen LogP contribution in [0.4, 0.5) is 20.2 Å². The number of hydrogen-bond donors (Lipinski definition) is 3. The molecular weight excluding hydrogens is 300 g/mol. The molecule has 1 aromatic carbocycles. The van der Waals surface area contributed by atoms with Crippen LogP contribution in [0.2, 0.25) is 0 Å². The van der Waals surface area contributed by atoms with E-state index >= 15 is 0 Å². The van der Waals surface area contributed by atoms with E-state index in [1.807, 2.05) is 25.3 Å². The lowest BCUT2D eigenvalue weighted by Gasteiger charge is -2.10. The molecule has 2 aromatic heterocycles. The molecule has 0 atom stereocenters. The normalized spacial score (nSPS) is 11.1. The van der Waals surface area contributed by atoms with Gasteiger partial charge in [0.15, 0.2) is 0 Å². The Morgan fingerprint density at radius 1 is 1.35 bits per heavy atom. The zero-order valence-electron chi connectivity index (χ0n) is 12.4. The molecule has 0 aliphatic heterocycles. The van der Waals surface area contributed by atoms with E-state index in [9.17, 15) is 8.78 Å². The van der Waals surface area contributed by atoms with Gasteiger partial charge in [0.1, 0.15) is 5.69 Å². The highest BCUT2D eigenvalue weighted by molar-refractivity contribution is 5.96. The minimum absolute atomic E-state index is 0.322. The second-order valence-electron chi connectivity index (χ2n) is 5.19. The van der Waals surface area contributed by atoms with Gasteiger partial charge in [-0.05, 0) is 30.7 Å². The molecule has 23 heavy (non-hydrogen) atoms. The molecule has 0 unspecified atom stereocenters. The van der Waals surface area contributed by atoms with Gasteiger partial charge in [-0.1, -0.05) is 6.07 Å². The molecule has 0 radical (unpaired) electrons. The van der Waals surface area contributed by atoms with E-state index in [0.29, 0.717) is 11.4 Å². The summed E-state index contributed by atoms with van der Waals surface area (Å²) in [6.07, 6.45) is 1.17. The zero-order valence-corrected chi connectivity index (χ0v) is 12.4. The van der Waals surface area contributed by atoms with Gasteiger partial charge in [0.2, 0.25) is 0 Å². The largest absolute Gasteiger partial charge is 0.377 e. The maximum atomic E-state index is 12.4. The Balaban J connectivity index is 2.04. The molecule has 7 heteroatoms. The Hall–Kier alpha value is -2.83. The van der Waals surface area contributed by atoms with Crippen LogP contribution in [-0.2, 0) is 0 Å². The number of benzene rings is 1. The first-order chi connectivity index (χ1) is 11.1. The number of pyridine rings is 1. The second-order valence-corrected chi connectivity index (χ2v) is 5.19. The summed E-state index contributed by atoms with van der Waals surface area (Å²) in [5.41, 5.74) is 11.5. The van der Waals surface area contributed by atoms with Crippen molar-refractivity contribution in [1.82, 2.24) is 9.97 Å². The number of alkyl halides is 2. The molecule has 2 heterocycles. The molecule has 3 aromatic rings. The Labute approximate surface area is 131 Å². The molecule has 3 rings (SSSR count). The molecule has 5 nitrogen and oxygen atoms in total. The quantitative estimate of drug-likeness (QED) is 0.587. The van der Waals surface area contributed by atoms with E-state index in [1.165, 1.54) is 0 Å². The van der Waals surface area contributed by atoms with Crippen molar-refractivity contribution in [2.45, 2.75) is 13.3 Å². The van der Waals surface area contributed by atoms with E-state index in [4.69, 9.17) is 5.53 Å². The van der Waals surface area contributed by atoms with Gasteiger partial charge in [-0.25, -0.2) is 14.3 Å². The van der Waals surface area contributed by atoms with E-state index < -0.39 is 13.0 Å². The summed E-state index contributed by atoms with van der Waals surface area (Å²) in [7, 11) is 0. The van der Waals surface area contributed by atoms with Crippen LogP contribution in [0.3, 0.4) is 0 Å². The lowest BCUT2D eigenvalue weighted by Crippen LogP contribution is -2.10. The first-order valence-electron chi connectivity index (χ1n) is 7.06. The van der Waals surface area contributed by atoms with Crippen molar-refractivity contribution in [2.24, 2.45) is 5.11 Å². The van der Waals surface area contributed by atoms with Gasteiger partial charge in [-0.3, -0.25) is 4.98 Å². The Morgan fingerprint density at radius 3 is 2.91 bits per heavy atom. The third-order valence-corrected chi connectivity index (χ3v) is 3.58. The zero-order chi connectivity index (χ0) is 16.4. The lowest BCUT2D eigenvalue weighted by atomic mass is 10.0. The summed E-state index contributed by atoms with van der Waals surface area (Å²) >= 11 is 0. The molecule has 0 aliphatic carbocycles. The standard InChI is InChI=1S/C16H15F2N5/c1-9-4-14-12(7-20-9)11(6-21-14)10-2-3-13(23-19)15(5-10)22-8-16(17)18/h2-7,16,19,21-22H,8H2,1H3. The lowest BCUT2D eigenvalue weighted by molar-refractivity contribution is 0.163. The molecule has 0 amide bonds. The highest BCUT2D eigenvalue weighted by Gasteiger charge is 2.11. The van der Waals surface area contributed by atoms with Crippen molar-refractivity contribution in [3.63, 3.8) is 0 Å². The van der Waals surface area contributed by atoms with Gasteiger partial charge >= 0.3 is 0 Å². The fourth-order valence-corrected chi connectivity index (χ4v) is 2.49. The number of rotatable bonds is 5. The Kier molecular flexibility index (Phi) is 4.01. The van der Waals surface area contributed by atoms with Crippen LogP contribution in [0.15, 0.2) is 41.8 Å². The summed E-state index contributed by atoms with van der Waals surface area (Å²) in [4.78, 5) is 7.48. The van der Waals surface area contributed by atoms with Crippen molar-refractivity contribution in [3.8, 4) is 11.1 Å². The van der Waals surface area contributed by atoms with Crippen molar-refractivity contribution < 1.29 is 8.78 Å². The number of halogens is 2. The van der Waals surface area contributed by atoms with Gasteiger partial charge < -0.3 is 10.3 Å². The molecule has 0 aliphatic rings. The van der Waals surface area contributed by atoms with Gasteiger partial charge in [0.25, 0.3) is 6.43 Å². The third kappa shape index (κ3) is 3.03. The van der Waals surface area contributed by atoms with E-state index in [1.54, 1.807) is 18.3 Å². The third-order valence-electron chi connectivity index (χ3n) is 3.58. The van der Waals surface area contributed by atoms with Gasteiger partial charge in [0, 0.05) is 34.6 Å². The number of aromatic nitrogens is 2. The van der Waals surface area contributed by atoms with E-state index in [-0.39, 0.29) is 0 Å². The molecular formula is C16H15F2N5. The first-order valence-corrected chi connectivity index (χ1v) is 7.06. The number of hydrogen-bond acceptors (Lipinski definition) is 4. The van der Waals surface area contributed by atoms with Gasteiger partial charge in [0.05, 0.1) is 12.2 Å². The van der Waals surface area contributed by atoms with Gasteiger partial charge in [-0.15, -0.1) is 0 Å². The van der Waals surface area contributed by atoms with Crippen LogP contribution in [0.25, 0.3) is 22.0 Å². The van der Waals surface area contributed by atoms with Crippen LogP contribution < -0.4 is 5.32 Å². The monoisotopic (exact) mass is 315 g/mol. The highest BCUT2D eigenvalue weighted by Crippen LogP contribution is 2.34. The topological polar surface area (TPSA) is 76.9 Å². The van der Waals surface area contributed by atoms with E-state index in [0.717, 1.165) is 27.7 Å². The van der Waals surface area contributed by atoms with Crippen molar-refractivity contribution in [3.05, 3.63) is 42.4 Å². The molecule has 0 saturated carbocycles. The summed E-state index contributed by atoms with van der Waals surface area (Å²) in [5, 5.41) is 6.95. The fraction of sp³-hybridized carbons (Fsp3) is 0.188. The van der Waals surface area contributed by atoms with Crippen LogP contribution in [-0.4, -0.2) is 22.9 Å². The molecule has 3 N–H and O–H groups in total. The number of nitrogens with zero attached hydrogens (tertiary/aromatic N) is 2. The summed E-state index contributed by atoms with van der Waals surface area (Å²) in [6.45, 7) is 1.43. The maximum Gasteiger partial charge on any atom is 0.255 e. The van der Waals surface area contributed by atoms with Crippen LogP contribution >= 0.6 is 0 Å². The Morgan fingerprint density at radius 2 is 2.17 bits per heavy atom. The summed E-state index contributed by atoms with van der Waals surface area (Å²) in [6, 6.07) is 7.11. The van der Waals surface area contributed by atoms with Crippen molar-refractivity contribution in [1.29, 1.82) is 5.53 Å². The van der Waals surface area contributed by atoms with Crippen LogP contribution in [0, 0.1) is 12.5 Å². The predicted octanol–water partition coefficient (Wildman–Crippen LogP) is 4.88. The summed E-state index contributed by atoms with van der Waals surface area (Å²) < 4.78 is 24.8. The summed E-state index contributed by atoms with van der Waals surface area (Å²) in [5.74, 6) is 0. The highest BCUT2D eigenvalue weighted by atomic mass is 19.3.